The molecule has 1 rings (SSSR count). The first-order chi connectivity index (χ1) is 10.1. The van der Waals surface area contributed by atoms with Crippen LogP contribution >= 0.6 is 0 Å². The third-order valence-electron chi connectivity index (χ3n) is 3.51. The van der Waals surface area contributed by atoms with Crippen LogP contribution in [0.1, 0.15) is 39.0 Å². The Morgan fingerprint density at radius 1 is 1.29 bits per heavy atom. The van der Waals surface area contributed by atoms with Crippen molar-refractivity contribution in [2.45, 2.75) is 45.1 Å². The van der Waals surface area contributed by atoms with Crippen molar-refractivity contribution in [2.24, 2.45) is 0 Å². The Bertz CT molecular complexity index is 373. The molecule has 0 saturated carbocycles. The maximum atomic E-state index is 11.9. The zero-order valence-corrected chi connectivity index (χ0v) is 12.8. The minimum absolute atomic E-state index is 0.00986. The number of carbonyl (C=O) groups is 3. The molecule has 0 aromatic heterocycles. The van der Waals surface area contributed by atoms with Gasteiger partial charge in [-0.05, 0) is 25.8 Å². The fourth-order valence-electron chi connectivity index (χ4n) is 2.41. The SMILES string of the molecule is CCCNC(=O)NC(=O)CN1CCCCC1CC(=O)OC. The number of amides is 3. The molecule has 1 saturated heterocycles. The number of ether oxygens (including phenoxy) is 1. The molecule has 3 amide bonds. The lowest BCUT2D eigenvalue weighted by atomic mass is 9.99. The largest absolute Gasteiger partial charge is 0.469 e. The molecule has 0 radical (unpaired) electrons. The number of nitrogens with zero attached hydrogens (tertiary/aromatic N) is 1. The molecular formula is C14H25N3O4. The summed E-state index contributed by atoms with van der Waals surface area (Å²) in [7, 11) is 1.36. The van der Waals surface area contributed by atoms with Gasteiger partial charge in [-0.2, -0.15) is 0 Å². The normalized spacial score (nSPS) is 18.9. The number of hydrogen-bond donors (Lipinski definition) is 2. The third kappa shape index (κ3) is 6.57. The van der Waals surface area contributed by atoms with E-state index in [1.165, 1.54) is 7.11 Å². The van der Waals surface area contributed by atoms with Crippen molar-refractivity contribution < 1.29 is 19.1 Å². The predicted octanol–water partition coefficient (Wildman–Crippen LogP) is 0.640. The van der Waals surface area contributed by atoms with E-state index < -0.39 is 6.03 Å². The van der Waals surface area contributed by atoms with E-state index in [1.54, 1.807) is 0 Å². The van der Waals surface area contributed by atoms with Gasteiger partial charge in [0.2, 0.25) is 5.91 Å². The fraction of sp³-hybridized carbons (Fsp3) is 0.786. The van der Waals surface area contributed by atoms with E-state index in [0.717, 1.165) is 32.2 Å². The first-order valence-corrected chi connectivity index (χ1v) is 7.45. The lowest BCUT2D eigenvalue weighted by Gasteiger charge is -2.34. The van der Waals surface area contributed by atoms with E-state index in [1.807, 2.05) is 11.8 Å². The molecule has 2 N–H and O–H groups in total. The van der Waals surface area contributed by atoms with E-state index in [4.69, 9.17) is 0 Å². The zero-order chi connectivity index (χ0) is 15.7. The van der Waals surface area contributed by atoms with E-state index in [0.29, 0.717) is 6.54 Å². The smallest absolute Gasteiger partial charge is 0.321 e. The van der Waals surface area contributed by atoms with Crippen LogP contribution in [0, 0.1) is 0 Å². The second kappa shape index (κ2) is 9.33. The minimum Gasteiger partial charge on any atom is -0.469 e. The van der Waals surface area contributed by atoms with Crippen LogP contribution in [0.5, 0.6) is 0 Å². The summed E-state index contributed by atoms with van der Waals surface area (Å²) in [4.78, 5) is 36.6. The summed E-state index contributed by atoms with van der Waals surface area (Å²) in [5.41, 5.74) is 0. The first kappa shape index (κ1) is 17.4. The first-order valence-electron chi connectivity index (χ1n) is 7.45. The lowest BCUT2D eigenvalue weighted by molar-refractivity contribution is -0.143. The van der Waals surface area contributed by atoms with Crippen molar-refractivity contribution in [1.82, 2.24) is 15.5 Å². The van der Waals surface area contributed by atoms with Crippen molar-refractivity contribution in [3.63, 3.8) is 0 Å². The van der Waals surface area contributed by atoms with E-state index >= 15 is 0 Å². The van der Waals surface area contributed by atoms with Crippen LogP contribution in [0.4, 0.5) is 4.79 Å². The van der Waals surface area contributed by atoms with Gasteiger partial charge in [0.25, 0.3) is 0 Å². The van der Waals surface area contributed by atoms with Crippen molar-refractivity contribution in [2.75, 3.05) is 26.7 Å². The van der Waals surface area contributed by atoms with Crippen molar-refractivity contribution in [3.8, 4) is 0 Å². The Balaban J connectivity index is 2.43. The van der Waals surface area contributed by atoms with Gasteiger partial charge in [-0.1, -0.05) is 13.3 Å². The van der Waals surface area contributed by atoms with Crippen molar-refractivity contribution >= 4 is 17.9 Å². The van der Waals surface area contributed by atoms with Crippen LogP contribution in [0.2, 0.25) is 0 Å². The molecule has 1 unspecified atom stereocenters. The van der Waals surface area contributed by atoms with Gasteiger partial charge in [-0.15, -0.1) is 0 Å². The Morgan fingerprint density at radius 2 is 2.05 bits per heavy atom. The standard InChI is InChI=1S/C14H25N3O4/c1-3-7-15-14(20)16-12(18)10-17-8-5-4-6-11(17)9-13(19)21-2/h11H,3-10H2,1-2H3,(H2,15,16,18,20). The summed E-state index contributed by atoms with van der Waals surface area (Å²) >= 11 is 0. The molecule has 7 nitrogen and oxygen atoms in total. The average molecular weight is 299 g/mol. The highest BCUT2D eigenvalue weighted by Gasteiger charge is 2.26. The number of nitrogens with one attached hydrogen (secondary N) is 2. The molecule has 0 bridgehead atoms. The monoisotopic (exact) mass is 299 g/mol. The number of hydrogen-bond acceptors (Lipinski definition) is 5. The third-order valence-corrected chi connectivity index (χ3v) is 3.51. The van der Waals surface area contributed by atoms with Crippen LogP contribution in [-0.4, -0.2) is 55.6 Å². The average Bonchev–Trinajstić information content (AvgIpc) is 2.46. The van der Waals surface area contributed by atoms with Gasteiger partial charge in [0.05, 0.1) is 20.1 Å². The Hall–Kier alpha value is -1.63. The predicted molar refractivity (Wildman–Crippen MR) is 77.7 cm³/mol. The molecule has 1 aliphatic heterocycles. The lowest BCUT2D eigenvalue weighted by Crippen LogP contribution is -2.49. The highest BCUT2D eigenvalue weighted by atomic mass is 16.5. The van der Waals surface area contributed by atoms with Gasteiger partial charge >= 0.3 is 12.0 Å². The maximum Gasteiger partial charge on any atom is 0.321 e. The topological polar surface area (TPSA) is 87.7 Å². The summed E-state index contributed by atoms with van der Waals surface area (Å²) in [6.07, 6.45) is 3.99. The quantitative estimate of drug-likeness (QED) is 0.703. The number of esters is 1. The summed E-state index contributed by atoms with van der Waals surface area (Å²) in [5, 5.41) is 4.89. The molecule has 0 aromatic carbocycles. The van der Waals surface area contributed by atoms with E-state index in [-0.39, 0.29) is 30.9 Å². The van der Waals surface area contributed by atoms with E-state index in [2.05, 4.69) is 15.4 Å². The molecule has 0 spiro atoms. The summed E-state index contributed by atoms with van der Waals surface area (Å²) < 4.78 is 4.68. The van der Waals surface area contributed by atoms with Gasteiger partial charge in [0.1, 0.15) is 0 Å². The Kier molecular flexibility index (Phi) is 7.74. The molecule has 1 aliphatic rings. The summed E-state index contributed by atoms with van der Waals surface area (Å²) in [6.45, 7) is 3.36. The molecule has 0 aromatic rings. The molecule has 21 heavy (non-hydrogen) atoms. The van der Waals surface area contributed by atoms with Crippen molar-refractivity contribution in [1.29, 1.82) is 0 Å². The number of methoxy groups -OCH3 is 1. The minimum atomic E-state index is -0.469. The van der Waals surface area contributed by atoms with Gasteiger partial charge in [-0.3, -0.25) is 19.8 Å². The second-order valence-electron chi connectivity index (χ2n) is 5.20. The maximum absolute atomic E-state index is 11.9. The Labute approximate surface area is 125 Å². The van der Waals surface area contributed by atoms with Gasteiger partial charge in [-0.25, -0.2) is 4.79 Å². The number of imide groups is 1. The number of piperidine rings is 1. The molecule has 120 valence electrons. The van der Waals surface area contributed by atoms with Crippen LogP contribution < -0.4 is 10.6 Å². The molecule has 7 heteroatoms. The number of likely N-dealkylation sites (tertiary alicyclic amines) is 1. The fourth-order valence-corrected chi connectivity index (χ4v) is 2.41. The summed E-state index contributed by atoms with van der Waals surface area (Å²) in [5.74, 6) is -0.617. The number of rotatable bonds is 6. The van der Waals surface area contributed by atoms with Crippen LogP contribution in [0.3, 0.4) is 0 Å². The van der Waals surface area contributed by atoms with Gasteiger partial charge in [0, 0.05) is 12.6 Å². The molecule has 0 aliphatic carbocycles. The zero-order valence-electron chi connectivity index (χ0n) is 12.8. The highest BCUT2D eigenvalue weighted by molar-refractivity contribution is 5.95. The van der Waals surface area contributed by atoms with Gasteiger partial charge in [0.15, 0.2) is 0 Å². The molecule has 1 fully saturated rings. The second-order valence-corrected chi connectivity index (χ2v) is 5.20. The van der Waals surface area contributed by atoms with Crippen LogP contribution in [0.15, 0.2) is 0 Å². The van der Waals surface area contributed by atoms with E-state index in [9.17, 15) is 14.4 Å². The number of carbonyl (C=O) groups excluding carboxylic acids is 3. The molecule has 1 atom stereocenters. The highest BCUT2D eigenvalue weighted by Crippen LogP contribution is 2.19. The molecule has 1 heterocycles. The number of urea groups is 1. The van der Waals surface area contributed by atoms with Crippen LogP contribution in [-0.2, 0) is 14.3 Å². The van der Waals surface area contributed by atoms with Gasteiger partial charge < -0.3 is 10.1 Å². The summed E-state index contributed by atoms with van der Waals surface area (Å²) in [6, 6.07) is -0.459. The molecular weight excluding hydrogens is 274 g/mol. The van der Waals surface area contributed by atoms with Crippen molar-refractivity contribution in [3.05, 3.63) is 0 Å². The Morgan fingerprint density at radius 3 is 2.71 bits per heavy atom. The van der Waals surface area contributed by atoms with Crippen LogP contribution in [0.25, 0.3) is 0 Å².